The molecule has 1 fully saturated rings. The van der Waals surface area contributed by atoms with Gasteiger partial charge >= 0.3 is 0 Å². The van der Waals surface area contributed by atoms with Gasteiger partial charge in [-0.05, 0) is 42.7 Å². The molecular weight excluding hydrogens is 412 g/mol. The largest absolute Gasteiger partial charge is 0.374 e. The van der Waals surface area contributed by atoms with Gasteiger partial charge in [0.1, 0.15) is 11.6 Å². The van der Waals surface area contributed by atoms with Crippen LogP contribution in [0.5, 0.6) is 0 Å². The van der Waals surface area contributed by atoms with Gasteiger partial charge in [-0.25, -0.2) is 18.0 Å². The second-order valence-corrected chi connectivity index (χ2v) is 8.67. The minimum Gasteiger partial charge on any atom is -0.374 e. The van der Waals surface area contributed by atoms with Crippen molar-refractivity contribution >= 4 is 44.7 Å². The molecule has 1 aromatic heterocycles. The van der Waals surface area contributed by atoms with Crippen molar-refractivity contribution in [3.05, 3.63) is 70.2 Å². The van der Waals surface area contributed by atoms with Crippen LogP contribution in [0.3, 0.4) is 0 Å². The fraction of sp³-hybridized carbons (Fsp3) is 0.167. The number of rotatable bonds is 6. The predicted molar refractivity (Wildman–Crippen MR) is 104 cm³/mol. The molecule has 1 heterocycles. The highest BCUT2D eigenvalue weighted by Crippen LogP contribution is 2.49. The third kappa shape index (κ3) is 3.83. The first-order valence-electron chi connectivity index (χ1n) is 8.08. The van der Waals surface area contributed by atoms with Gasteiger partial charge in [-0.1, -0.05) is 23.7 Å². The first kappa shape index (κ1) is 18.3. The summed E-state index contributed by atoms with van der Waals surface area (Å²) in [5, 5.41) is 5.67. The number of hydrogen-bond acceptors (Lipinski definition) is 4. The minimum absolute atomic E-state index is 0.0487. The second kappa shape index (κ2) is 7.18. The Bertz CT molecular complexity index is 993. The molecule has 0 radical (unpaired) electrons. The predicted octanol–water partition coefficient (Wildman–Crippen LogP) is 5.31. The lowest BCUT2D eigenvalue weighted by atomic mass is 10.0. The van der Waals surface area contributed by atoms with Crippen molar-refractivity contribution in [2.45, 2.75) is 23.3 Å². The van der Waals surface area contributed by atoms with Gasteiger partial charge < -0.3 is 5.32 Å². The Morgan fingerprint density at radius 1 is 1.19 bits per heavy atom. The summed E-state index contributed by atoms with van der Waals surface area (Å²) in [4.78, 5) is 3.92. The maximum Gasteiger partial charge on any atom is 0.194 e. The van der Waals surface area contributed by atoms with Gasteiger partial charge in [0.15, 0.2) is 16.1 Å². The highest BCUT2D eigenvalue weighted by Gasteiger charge is 2.44. The van der Waals surface area contributed by atoms with Gasteiger partial charge in [-0.2, -0.15) is 0 Å². The second-order valence-electron chi connectivity index (χ2n) is 6.18. The normalized spacial score (nSPS) is 16.0. The number of benzene rings is 2. The summed E-state index contributed by atoms with van der Waals surface area (Å²) in [5.41, 5.74) is 0.938. The molecule has 2 aromatic carbocycles. The fourth-order valence-electron chi connectivity index (χ4n) is 2.81. The van der Waals surface area contributed by atoms with Crippen LogP contribution in [0.15, 0.2) is 52.9 Å². The minimum atomic E-state index is -1.82. The number of nitrogens with zero attached hydrogens (tertiary/aromatic N) is 1. The van der Waals surface area contributed by atoms with Crippen LogP contribution in [-0.4, -0.2) is 9.19 Å². The number of halogens is 3. The summed E-state index contributed by atoms with van der Waals surface area (Å²) in [6.45, 7) is 0. The summed E-state index contributed by atoms with van der Waals surface area (Å²) < 4.78 is 42.7. The Kier molecular flexibility index (Phi) is 4.88. The zero-order chi connectivity index (χ0) is 19.0. The average Bonchev–Trinajstić information content (AvgIpc) is 3.24. The van der Waals surface area contributed by atoms with E-state index in [1.807, 2.05) is 0 Å². The molecule has 0 saturated heterocycles. The molecule has 3 aromatic rings. The van der Waals surface area contributed by atoms with Gasteiger partial charge in [0.05, 0.1) is 21.1 Å². The topological polar surface area (TPSA) is 54.0 Å². The third-order valence-electron chi connectivity index (χ3n) is 4.35. The Morgan fingerprint density at radius 3 is 2.56 bits per heavy atom. The van der Waals surface area contributed by atoms with E-state index in [-0.39, 0.29) is 21.3 Å². The van der Waals surface area contributed by atoms with Crippen LogP contribution in [-0.2, 0) is 16.5 Å². The first-order chi connectivity index (χ1) is 13.0. The van der Waals surface area contributed by atoms with Crippen LogP contribution < -0.4 is 10.0 Å². The summed E-state index contributed by atoms with van der Waals surface area (Å²) in [6.07, 6.45) is 3.22. The van der Waals surface area contributed by atoms with E-state index in [4.69, 9.17) is 11.6 Å². The molecule has 0 amide bonds. The van der Waals surface area contributed by atoms with Crippen LogP contribution in [0.25, 0.3) is 0 Å². The summed E-state index contributed by atoms with van der Waals surface area (Å²) in [5.74, 6) is -0.947. The number of hydrogen-bond donors (Lipinski definition) is 2. The zero-order valence-corrected chi connectivity index (χ0v) is 16.2. The van der Waals surface area contributed by atoms with E-state index >= 15 is 0 Å². The smallest absolute Gasteiger partial charge is 0.194 e. The van der Waals surface area contributed by atoms with E-state index in [0.29, 0.717) is 10.8 Å². The van der Waals surface area contributed by atoms with Crippen LogP contribution in [0.2, 0.25) is 5.02 Å². The van der Waals surface area contributed by atoms with Crippen molar-refractivity contribution in [3.8, 4) is 0 Å². The molecule has 1 saturated carbocycles. The Hall–Kier alpha value is -2.03. The fourth-order valence-corrected chi connectivity index (χ4v) is 4.66. The van der Waals surface area contributed by atoms with E-state index in [9.17, 15) is 13.0 Å². The van der Waals surface area contributed by atoms with Crippen LogP contribution in [0, 0.1) is 11.6 Å². The summed E-state index contributed by atoms with van der Waals surface area (Å²) in [6, 6.07) is 8.80. The number of thiazole rings is 1. The summed E-state index contributed by atoms with van der Waals surface area (Å²) in [7, 11) is -1.82. The van der Waals surface area contributed by atoms with Crippen LogP contribution in [0.1, 0.15) is 18.4 Å². The van der Waals surface area contributed by atoms with Gasteiger partial charge in [-0.3, -0.25) is 4.72 Å². The van der Waals surface area contributed by atoms with Crippen LogP contribution >= 0.6 is 22.9 Å². The molecule has 1 unspecified atom stereocenters. The number of anilines is 2. The number of nitrogens with one attached hydrogen (secondary N) is 2. The van der Waals surface area contributed by atoms with Crippen molar-refractivity contribution in [1.82, 2.24) is 4.98 Å². The molecule has 27 heavy (non-hydrogen) atoms. The highest BCUT2D eigenvalue weighted by molar-refractivity contribution is 7.86. The van der Waals surface area contributed by atoms with Crippen molar-refractivity contribution in [3.63, 3.8) is 0 Å². The zero-order valence-electron chi connectivity index (χ0n) is 13.8. The molecular formula is C18H14ClF2N3OS2. The van der Waals surface area contributed by atoms with Gasteiger partial charge in [0, 0.05) is 11.6 Å². The molecule has 140 valence electrons. The lowest BCUT2D eigenvalue weighted by Crippen LogP contribution is -2.19. The van der Waals surface area contributed by atoms with Gasteiger partial charge in [0.2, 0.25) is 0 Å². The summed E-state index contributed by atoms with van der Waals surface area (Å²) >= 11 is 7.57. The molecule has 0 aliphatic heterocycles. The van der Waals surface area contributed by atoms with Crippen molar-refractivity contribution in [2.24, 2.45) is 0 Å². The first-order valence-corrected chi connectivity index (χ1v) is 10.5. The van der Waals surface area contributed by atoms with Crippen LogP contribution in [0.4, 0.5) is 19.6 Å². The average molecular weight is 426 g/mol. The number of aromatic nitrogens is 1. The van der Waals surface area contributed by atoms with Crippen molar-refractivity contribution < 1.29 is 13.0 Å². The van der Waals surface area contributed by atoms with E-state index < -0.39 is 16.8 Å². The maximum atomic E-state index is 14.6. The lowest BCUT2D eigenvalue weighted by Gasteiger charge is -2.21. The van der Waals surface area contributed by atoms with E-state index in [0.717, 1.165) is 18.4 Å². The van der Waals surface area contributed by atoms with Crippen molar-refractivity contribution in [2.75, 3.05) is 10.0 Å². The highest BCUT2D eigenvalue weighted by atomic mass is 35.5. The molecule has 0 spiro atoms. The van der Waals surface area contributed by atoms with Gasteiger partial charge in [-0.15, -0.1) is 11.3 Å². The molecule has 9 heteroatoms. The lowest BCUT2D eigenvalue weighted by molar-refractivity contribution is 0.596. The monoisotopic (exact) mass is 425 g/mol. The van der Waals surface area contributed by atoms with E-state index in [2.05, 4.69) is 15.0 Å². The van der Waals surface area contributed by atoms with E-state index in [1.165, 1.54) is 35.6 Å². The Morgan fingerprint density at radius 2 is 1.93 bits per heavy atom. The van der Waals surface area contributed by atoms with Crippen molar-refractivity contribution in [1.29, 1.82) is 0 Å². The molecule has 1 aliphatic carbocycles. The Balaban J connectivity index is 1.57. The molecule has 1 atom stereocenters. The molecule has 4 rings (SSSR count). The quantitative estimate of drug-likeness (QED) is 0.562. The Labute approximate surface area is 166 Å². The molecule has 1 aliphatic rings. The molecule has 4 nitrogen and oxygen atoms in total. The standard InChI is InChI=1S/C18H14ClF2N3OS2/c19-13-9-16(27(25)24-17-22-7-8-26-17)14(21)10-15(13)23-18(5-6-18)11-1-3-12(20)4-2-11/h1-4,7-10,23H,5-6H2,(H,22,24). The molecule has 2 N–H and O–H groups in total. The molecule has 0 bridgehead atoms. The van der Waals surface area contributed by atoms with E-state index in [1.54, 1.807) is 23.7 Å². The maximum absolute atomic E-state index is 14.6. The van der Waals surface area contributed by atoms with Gasteiger partial charge in [0.25, 0.3) is 0 Å². The third-order valence-corrected chi connectivity index (χ3v) is 6.58. The SMILES string of the molecule is O=S(Nc1nccs1)c1cc(Cl)c(NC2(c3ccc(F)cc3)CC2)cc1F.